The smallest absolute Gasteiger partial charge is 0.312 e. The Kier molecular flexibility index (Phi) is 1.68. The lowest BCUT2D eigenvalue weighted by molar-refractivity contribution is -0.150. The number of aliphatic carboxylic acids is 1. The Balaban J connectivity index is 2.75. The van der Waals surface area contributed by atoms with E-state index in [0.717, 1.165) is 0 Å². The van der Waals surface area contributed by atoms with E-state index in [-0.39, 0.29) is 6.10 Å². The molecule has 3 heteroatoms. The van der Waals surface area contributed by atoms with Gasteiger partial charge in [0.1, 0.15) is 0 Å². The fraction of sp³-hybridized carbons (Fsp3) is 0.857. The molecule has 1 aliphatic heterocycles. The number of ether oxygens (including phenoxy) is 1. The lowest BCUT2D eigenvalue weighted by Gasteiger charge is -2.21. The van der Waals surface area contributed by atoms with Crippen molar-refractivity contribution in [2.75, 3.05) is 6.61 Å². The predicted molar refractivity (Wildman–Crippen MR) is 35.8 cm³/mol. The highest BCUT2D eigenvalue weighted by Gasteiger charge is 2.43. The Morgan fingerprint density at radius 2 is 2.40 bits per heavy atom. The van der Waals surface area contributed by atoms with Gasteiger partial charge in [-0.2, -0.15) is 0 Å². The number of carbonyl (C=O) groups is 1. The highest BCUT2D eigenvalue weighted by atomic mass is 16.5. The Morgan fingerprint density at radius 3 is 2.60 bits per heavy atom. The minimum atomic E-state index is -0.752. The van der Waals surface area contributed by atoms with Crippen LogP contribution in [0.4, 0.5) is 0 Å². The lowest BCUT2D eigenvalue weighted by atomic mass is 9.84. The third-order valence-corrected chi connectivity index (χ3v) is 2.38. The maximum absolute atomic E-state index is 10.7. The second kappa shape index (κ2) is 2.23. The number of carboxylic acid groups (broad SMARTS) is 1. The van der Waals surface area contributed by atoms with E-state index in [1.807, 2.05) is 0 Å². The molecule has 0 unspecified atom stereocenters. The van der Waals surface area contributed by atoms with E-state index in [9.17, 15) is 4.79 Å². The van der Waals surface area contributed by atoms with Crippen LogP contribution >= 0.6 is 0 Å². The molecule has 0 aliphatic carbocycles. The summed E-state index contributed by atoms with van der Waals surface area (Å²) < 4.78 is 5.15. The topological polar surface area (TPSA) is 46.5 Å². The van der Waals surface area contributed by atoms with Crippen molar-refractivity contribution in [1.82, 2.24) is 0 Å². The van der Waals surface area contributed by atoms with Crippen LogP contribution in [0.15, 0.2) is 0 Å². The van der Waals surface area contributed by atoms with Crippen LogP contribution in [0.2, 0.25) is 0 Å². The van der Waals surface area contributed by atoms with E-state index in [1.165, 1.54) is 0 Å². The van der Waals surface area contributed by atoms with Crippen molar-refractivity contribution < 1.29 is 14.6 Å². The van der Waals surface area contributed by atoms with Gasteiger partial charge in [0.25, 0.3) is 0 Å². The molecular formula is C7H12O3. The highest BCUT2D eigenvalue weighted by molar-refractivity contribution is 5.75. The molecule has 1 aliphatic rings. The Hall–Kier alpha value is -0.570. The summed E-state index contributed by atoms with van der Waals surface area (Å²) in [7, 11) is 0. The molecule has 0 aromatic rings. The standard InChI is InChI=1S/C7H12O3/c1-5-7(2,6(8)9)3-4-10-5/h5H,3-4H2,1-2H3,(H,8,9)/t5-,7+/m0/s1. The second-order valence-electron chi connectivity index (χ2n) is 2.99. The molecule has 0 radical (unpaired) electrons. The normalized spacial score (nSPS) is 40.0. The zero-order valence-corrected chi connectivity index (χ0v) is 6.26. The van der Waals surface area contributed by atoms with E-state index in [4.69, 9.17) is 9.84 Å². The molecular weight excluding hydrogens is 132 g/mol. The molecule has 2 atom stereocenters. The first-order chi connectivity index (χ1) is 4.57. The van der Waals surface area contributed by atoms with Crippen LogP contribution in [0.5, 0.6) is 0 Å². The Bertz CT molecular complexity index is 155. The molecule has 0 aromatic carbocycles. The Labute approximate surface area is 60.0 Å². The Morgan fingerprint density at radius 1 is 1.80 bits per heavy atom. The summed E-state index contributed by atoms with van der Waals surface area (Å²) in [6.07, 6.45) is 0.480. The van der Waals surface area contributed by atoms with Crippen LogP contribution in [0, 0.1) is 5.41 Å². The van der Waals surface area contributed by atoms with Crippen LogP contribution in [-0.2, 0) is 9.53 Å². The van der Waals surface area contributed by atoms with Crippen molar-refractivity contribution in [1.29, 1.82) is 0 Å². The van der Waals surface area contributed by atoms with Gasteiger partial charge >= 0.3 is 5.97 Å². The lowest BCUT2D eigenvalue weighted by Crippen LogP contribution is -2.33. The minimum Gasteiger partial charge on any atom is -0.481 e. The van der Waals surface area contributed by atoms with E-state index in [2.05, 4.69) is 0 Å². The summed E-state index contributed by atoms with van der Waals surface area (Å²) in [6, 6.07) is 0. The van der Waals surface area contributed by atoms with Gasteiger partial charge in [0.05, 0.1) is 11.5 Å². The average Bonchev–Trinajstić information content (AvgIpc) is 2.15. The molecule has 58 valence electrons. The summed E-state index contributed by atoms with van der Waals surface area (Å²) in [5.74, 6) is -0.752. The molecule has 3 nitrogen and oxygen atoms in total. The van der Waals surface area contributed by atoms with Crippen LogP contribution in [0.1, 0.15) is 20.3 Å². The quantitative estimate of drug-likeness (QED) is 0.594. The summed E-state index contributed by atoms with van der Waals surface area (Å²) in [5, 5.41) is 8.76. The number of rotatable bonds is 1. The van der Waals surface area contributed by atoms with Gasteiger partial charge in [-0.3, -0.25) is 4.79 Å². The maximum atomic E-state index is 10.7. The molecule has 10 heavy (non-hydrogen) atoms. The zero-order valence-electron chi connectivity index (χ0n) is 6.26. The first-order valence-electron chi connectivity index (χ1n) is 3.42. The second-order valence-corrected chi connectivity index (χ2v) is 2.99. The van der Waals surface area contributed by atoms with E-state index in [1.54, 1.807) is 13.8 Å². The van der Waals surface area contributed by atoms with Gasteiger partial charge in [-0.15, -0.1) is 0 Å². The van der Waals surface area contributed by atoms with Gasteiger partial charge < -0.3 is 9.84 Å². The van der Waals surface area contributed by atoms with Crippen LogP contribution < -0.4 is 0 Å². The molecule has 1 N–H and O–H groups in total. The number of carboxylic acids is 1. The minimum absolute atomic E-state index is 0.148. The third kappa shape index (κ3) is 0.904. The van der Waals surface area contributed by atoms with Gasteiger partial charge in [-0.05, 0) is 20.3 Å². The SMILES string of the molecule is C[C@@H]1OCC[C@@]1(C)C(=O)O. The van der Waals surface area contributed by atoms with Crippen molar-refractivity contribution >= 4 is 5.97 Å². The first kappa shape index (κ1) is 7.54. The van der Waals surface area contributed by atoms with E-state index < -0.39 is 11.4 Å². The molecule has 0 amide bonds. The molecule has 1 saturated heterocycles. The molecule has 1 heterocycles. The number of hydrogen-bond acceptors (Lipinski definition) is 2. The third-order valence-electron chi connectivity index (χ3n) is 2.38. The van der Waals surface area contributed by atoms with Gasteiger partial charge in [0, 0.05) is 6.61 Å². The largest absolute Gasteiger partial charge is 0.481 e. The molecule has 0 bridgehead atoms. The molecule has 1 fully saturated rings. The summed E-state index contributed by atoms with van der Waals surface area (Å²) >= 11 is 0. The molecule has 0 saturated carbocycles. The molecule has 1 rings (SSSR count). The van der Waals surface area contributed by atoms with E-state index >= 15 is 0 Å². The van der Waals surface area contributed by atoms with Crippen LogP contribution in [0.3, 0.4) is 0 Å². The highest BCUT2D eigenvalue weighted by Crippen LogP contribution is 2.34. The summed E-state index contributed by atoms with van der Waals surface area (Å²) in [5.41, 5.74) is -0.653. The van der Waals surface area contributed by atoms with Crippen molar-refractivity contribution in [3.8, 4) is 0 Å². The summed E-state index contributed by atoms with van der Waals surface area (Å²) in [6.45, 7) is 4.11. The van der Waals surface area contributed by atoms with E-state index in [0.29, 0.717) is 13.0 Å². The van der Waals surface area contributed by atoms with Crippen molar-refractivity contribution in [3.05, 3.63) is 0 Å². The average molecular weight is 144 g/mol. The summed E-state index contributed by atoms with van der Waals surface area (Å²) in [4.78, 5) is 10.7. The molecule has 0 aromatic heterocycles. The van der Waals surface area contributed by atoms with Crippen LogP contribution in [-0.4, -0.2) is 23.8 Å². The fourth-order valence-corrected chi connectivity index (χ4v) is 1.12. The number of hydrogen-bond donors (Lipinski definition) is 1. The van der Waals surface area contributed by atoms with Gasteiger partial charge in [-0.1, -0.05) is 0 Å². The first-order valence-corrected chi connectivity index (χ1v) is 3.42. The zero-order chi connectivity index (χ0) is 7.78. The van der Waals surface area contributed by atoms with Crippen LogP contribution in [0.25, 0.3) is 0 Å². The van der Waals surface area contributed by atoms with Crippen molar-refractivity contribution in [2.45, 2.75) is 26.4 Å². The van der Waals surface area contributed by atoms with Gasteiger partial charge in [-0.25, -0.2) is 0 Å². The van der Waals surface area contributed by atoms with Gasteiger partial charge in [0.2, 0.25) is 0 Å². The molecule has 0 spiro atoms. The predicted octanol–water partition coefficient (Wildman–Crippen LogP) is 0.886. The van der Waals surface area contributed by atoms with Crippen molar-refractivity contribution in [2.24, 2.45) is 5.41 Å². The van der Waals surface area contributed by atoms with Crippen molar-refractivity contribution in [3.63, 3.8) is 0 Å². The maximum Gasteiger partial charge on any atom is 0.312 e. The fourth-order valence-electron chi connectivity index (χ4n) is 1.12. The monoisotopic (exact) mass is 144 g/mol. The van der Waals surface area contributed by atoms with Gasteiger partial charge in [0.15, 0.2) is 0 Å².